The van der Waals surface area contributed by atoms with Crippen LogP contribution in [0.1, 0.15) is 20.3 Å². The van der Waals surface area contributed by atoms with Gasteiger partial charge in [-0.2, -0.15) is 0 Å². The van der Waals surface area contributed by atoms with E-state index in [-0.39, 0.29) is 12.6 Å². The van der Waals surface area contributed by atoms with E-state index in [1.807, 2.05) is 20.9 Å². The van der Waals surface area contributed by atoms with Crippen LogP contribution in [0.3, 0.4) is 0 Å². The van der Waals surface area contributed by atoms with E-state index >= 15 is 0 Å². The van der Waals surface area contributed by atoms with Crippen LogP contribution < -0.4 is 5.73 Å². The van der Waals surface area contributed by atoms with Crippen LogP contribution in [0.5, 0.6) is 0 Å². The fourth-order valence-electron chi connectivity index (χ4n) is 1.03. The van der Waals surface area contributed by atoms with E-state index in [9.17, 15) is 0 Å². The molecular weight excluding hydrogens is 180 g/mol. The van der Waals surface area contributed by atoms with Crippen molar-refractivity contribution >= 4 is 0 Å². The number of likely N-dealkylation sites (N-methyl/N-ethyl adjacent to an activating group) is 1. The van der Waals surface area contributed by atoms with Gasteiger partial charge < -0.3 is 20.5 Å². The Morgan fingerprint density at radius 2 is 2.00 bits per heavy atom. The van der Waals surface area contributed by atoms with Gasteiger partial charge in [0.15, 0.2) is 0 Å². The predicted molar refractivity (Wildman–Crippen MR) is 58.3 cm³/mol. The number of aliphatic hydroxyl groups is 1. The molecule has 0 amide bonds. The maximum Gasteiger partial charge on any atom is 0.0596 e. The van der Waals surface area contributed by atoms with E-state index < -0.39 is 0 Å². The summed E-state index contributed by atoms with van der Waals surface area (Å²) in [6, 6.07) is -0.0940. The molecule has 86 valence electrons. The average molecular weight is 204 g/mol. The molecule has 14 heavy (non-hydrogen) atoms. The van der Waals surface area contributed by atoms with Gasteiger partial charge in [0, 0.05) is 12.6 Å². The molecule has 0 bridgehead atoms. The van der Waals surface area contributed by atoms with Gasteiger partial charge in [0.05, 0.1) is 19.3 Å². The molecule has 0 aliphatic heterocycles. The minimum atomic E-state index is -0.0940. The van der Waals surface area contributed by atoms with Gasteiger partial charge in [-0.25, -0.2) is 0 Å². The van der Waals surface area contributed by atoms with Gasteiger partial charge in [-0.1, -0.05) is 0 Å². The van der Waals surface area contributed by atoms with Crippen LogP contribution in [0.25, 0.3) is 0 Å². The van der Waals surface area contributed by atoms with E-state index in [1.54, 1.807) is 0 Å². The van der Waals surface area contributed by atoms with Gasteiger partial charge in [0.25, 0.3) is 0 Å². The number of nitrogens with zero attached hydrogens (tertiary/aromatic N) is 1. The Balaban J connectivity index is 3.32. The summed E-state index contributed by atoms with van der Waals surface area (Å²) in [5.74, 6) is 0. The lowest BCUT2D eigenvalue weighted by Crippen LogP contribution is -2.32. The first-order valence-electron chi connectivity index (χ1n) is 5.22. The molecule has 0 saturated heterocycles. The highest BCUT2D eigenvalue weighted by molar-refractivity contribution is 4.61. The number of rotatable bonds is 8. The van der Waals surface area contributed by atoms with Crippen molar-refractivity contribution in [2.45, 2.75) is 32.4 Å². The lowest BCUT2D eigenvalue weighted by Gasteiger charge is -2.19. The lowest BCUT2D eigenvalue weighted by molar-refractivity contribution is 0.0631. The number of hydrogen-bond donors (Lipinski definition) is 2. The zero-order chi connectivity index (χ0) is 11.0. The van der Waals surface area contributed by atoms with Crippen molar-refractivity contribution < 1.29 is 9.84 Å². The molecule has 0 spiro atoms. The van der Waals surface area contributed by atoms with Gasteiger partial charge in [-0.15, -0.1) is 0 Å². The minimum Gasteiger partial charge on any atom is -0.395 e. The summed E-state index contributed by atoms with van der Waals surface area (Å²) in [4.78, 5) is 2.16. The van der Waals surface area contributed by atoms with Crippen molar-refractivity contribution in [3.8, 4) is 0 Å². The molecule has 0 aromatic rings. The number of ether oxygens (including phenoxy) is 1. The molecule has 0 aromatic heterocycles. The fraction of sp³-hybridized carbons (Fsp3) is 1.00. The molecule has 0 aliphatic rings. The summed E-state index contributed by atoms with van der Waals surface area (Å²) in [6.07, 6.45) is 1.12. The molecule has 0 rings (SSSR count). The Hall–Kier alpha value is -0.160. The maximum atomic E-state index is 8.73. The van der Waals surface area contributed by atoms with E-state index in [2.05, 4.69) is 4.90 Å². The van der Waals surface area contributed by atoms with Crippen LogP contribution in [0.4, 0.5) is 0 Å². The summed E-state index contributed by atoms with van der Waals surface area (Å²) < 4.78 is 5.42. The Kier molecular flexibility index (Phi) is 8.08. The molecule has 0 fully saturated rings. The molecule has 0 radical (unpaired) electrons. The second-order valence-electron chi connectivity index (χ2n) is 3.95. The Morgan fingerprint density at radius 3 is 2.50 bits per heavy atom. The van der Waals surface area contributed by atoms with Crippen molar-refractivity contribution in [3.63, 3.8) is 0 Å². The first-order chi connectivity index (χ1) is 6.56. The standard InChI is InChI=1S/C10H24N2O2/c1-9(2)14-7-6-12(3)5-4-10(11)8-13/h9-10,13H,4-8,11H2,1-3H3. The molecule has 0 aromatic carbocycles. The van der Waals surface area contributed by atoms with E-state index in [0.717, 1.165) is 26.1 Å². The molecule has 1 atom stereocenters. The molecule has 0 saturated carbocycles. The van der Waals surface area contributed by atoms with Crippen LogP contribution in [0.15, 0.2) is 0 Å². The number of aliphatic hydroxyl groups excluding tert-OH is 1. The van der Waals surface area contributed by atoms with Crippen molar-refractivity contribution in [2.24, 2.45) is 5.73 Å². The summed E-state index contributed by atoms with van der Waals surface area (Å²) in [7, 11) is 2.04. The van der Waals surface area contributed by atoms with Gasteiger partial charge >= 0.3 is 0 Å². The second-order valence-corrected chi connectivity index (χ2v) is 3.95. The van der Waals surface area contributed by atoms with Crippen molar-refractivity contribution in [1.82, 2.24) is 4.90 Å². The number of nitrogens with two attached hydrogens (primary N) is 1. The van der Waals surface area contributed by atoms with Gasteiger partial charge in [-0.05, 0) is 33.9 Å². The Morgan fingerprint density at radius 1 is 1.36 bits per heavy atom. The quantitative estimate of drug-likeness (QED) is 0.587. The fourth-order valence-corrected chi connectivity index (χ4v) is 1.03. The minimum absolute atomic E-state index is 0.0658. The van der Waals surface area contributed by atoms with Crippen LogP contribution >= 0.6 is 0 Å². The normalized spacial score (nSPS) is 13.9. The zero-order valence-electron chi connectivity index (χ0n) is 9.57. The summed E-state index contributed by atoms with van der Waals surface area (Å²) in [5.41, 5.74) is 5.59. The van der Waals surface area contributed by atoms with Crippen LogP contribution in [-0.2, 0) is 4.74 Å². The third kappa shape index (κ3) is 8.44. The van der Waals surface area contributed by atoms with E-state index in [0.29, 0.717) is 6.10 Å². The highest BCUT2D eigenvalue weighted by Crippen LogP contribution is 1.93. The molecule has 0 aliphatic carbocycles. The van der Waals surface area contributed by atoms with Crippen LogP contribution in [0, 0.1) is 0 Å². The third-order valence-electron chi connectivity index (χ3n) is 2.04. The lowest BCUT2D eigenvalue weighted by atomic mass is 10.2. The van der Waals surface area contributed by atoms with Crippen molar-refractivity contribution in [1.29, 1.82) is 0 Å². The first-order valence-corrected chi connectivity index (χ1v) is 5.22. The van der Waals surface area contributed by atoms with Crippen LogP contribution in [-0.4, -0.2) is 55.5 Å². The number of hydrogen-bond acceptors (Lipinski definition) is 4. The van der Waals surface area contributed by atoms with Gasteiger partial charge in [-0.3, -0.25) is 0 Å². The van der Waals surface area contributed by atoms with Crippen LogP contribution in [0.2, 0.25) is 0 Å². The molecule has 4 nitrogen and oxygen atoms in total. The molecule has 4 heteroatoms. The predicted octanol–water partition coefficient (Wildman–Crippen LogP) is 0.0529. The zero-order valence-corrected chi connectivity index (χ0v) is 9.57. The molecule has 1 unspecified atom stereocenters. The maximum absolute atomic E-state index is 8.73. The average Bonchev–Trinajstić information content (AvgIpc) is 2.13. The van der Waals surface area contributed by atoms with Crippen molar-refractivity contribution in [3.05, 3.63) is 0 Å². The highest BCUT2D eigenvalue weighted by Gasteiger charge is 2.03. The molecular formula is C10H24N2O2. The summed E-state index contributed by atoms with van der Waals surface area (Å²) in [6.45, 7) is 6.70. The van der Waals surface area contributed by atoms with Gasteiger partial charge in [0.1, 0.15) is 0 Å². The summed E-state index contributed by atoms with van der Waals surface area (Å²) in [5, 5.41) is 8.73. The molecule has 3 N–H and O–H groups in total. The van der Waals surface area contributed by atoms with E-state index in [1.165, 1.54) is 0 Å². The second kappa shape index (κ2) is 8.17. The Bertz CT molecular complexity index is 131. The van der Waals surface area contributed by atoms with E-state index in [4.69, 9.17) is 15.6 Å². The molecule has 0 heterocycles. The van der Waals surface area contributed by atoms with Crippen molar-refractivity contribution in [2.75, 3.05) is 33.4 Å². The smallest absolute Gasteiger partial charge is 0.0596 e. The third-order valence-corrected chi connectivity index (χ3v) is 2.04. The summed E-state index contributed by atoms with van der Waals surface area (Å²) >= 11 is 0. The highest BCUT2D eigenvalue weighted by atomic mass is 16.5. The SMILES string of the molecule is CC(C)OCCN(C)CCC(N)CO. The largest absolute Gasteiger partial charge is 0.395 e. The first kappa shape index (κ1) is 13.8. The Labute approximate surface area is 87.0 Å². The monoisotopic (exact) mass is 204 g/mol. The van der Waals surface area contributed by atoms with Gasteiger partial charge in [0.2, 0.25) is 0 Å². The topological polar surface area (TPSA) is 58.7 Å².